The first-order valence-electron chi connectivity index (χ1n) is 6.96. The van der Waals surface area contributed by atoms with Crippen LogP contribution in [0.15, 0.2) is 24.3 Å². The van der Waals surface area contributed by atoms with E-state index in [4.69, 9.17) is 0 Å². The number of benzene rings is 1. The maximum absolute atomic E-state index is 12.2. The maximum atomic E-state index is 12.2. The SMILES string of the molecule is Cc1ccccc1C(NC(=O)C1CNC1)C(C)(C)C.Cl. The van der Waals surface area contributed by atoms with Gasteiger partial charge in [-0.05, 0) is 23.5 Å². The van der Waals surface area contributed by atoms with Crippen LogP contribution >= 0.6 is 12.4 Å². The summed E-state index contributed by atoms with van der Waals surface area (Å²) in [6.45, 7) is 10.2. The fourth-order valence-corrected chi connectivity index (χ4v) is 2.41. The Morgan fingerprint density at radius 2 is 1.90 bits per heavy atom. The number of halogens is 1. The Hall–Kier alpha value is -1.06. The van der Waals surface area contributed by atoms with Gasteiger partial charge in [-0.1, -0.05) is 45.0 Å². The zero-order valence-corrected chi connectivity index (χ0v) is 13.5. The number of aryl methyl sites for hydroxylation is 1. The Bertz CT molecular complexity index is 464. The highest BCUT2D eigenvalue weighted by atomic mass is 35.5. The van der Waals surface area contributed by atoms with Gasteiger partial charge in [-0.15, -0.1) is 12.4 Å². The molecule has 1 atom stereocenters. The number of carbonyl (C=O) groups excluding carboxylic acids is 1. The van der Waals surface area contributed by atoms with E-state index in [1.54, 1.807) is 0 Å². The van der Waals surface area contributed by atoms with Gasteiger partial charge in [-0.2, -0.15) is 0 Å². The molecule has 112 valence electrons. The van der Waals surface area contributed by atoms with Gasteiger partial charge in [0.05, 0.1) is 12.0 Å². The minimum absolute atomic E-state index is 0. The van der Waals surface area contributed by atoms with E-state index in [0.717, 1.165) is 13.1 Å². The minimum Gasteiger partial charge on any atom is -0.348 e. The summed E-state index contributed by atoms with van der Waals surface area (Å²) in [5.74, 6) is 0.302. The third-order valence-electron chi connectivity index (χ3n) is 3.80. The third-order valence-corrected chi connectivity index (χ3v) is 3.80. The average molecular weight is 297 g/mol. The molecule has 0 aromatic heterocycles. The van der Waals surface area contributed by atoms with Crippen molar-refractivity contribution in [3.8, 4) is 0 Å². The predicted molar refractivity (Wildman–Crippen MR) is 85.1 cm³/mol. The molecule has 4 heteroatoms. The molecule has 0 bridgehead atoms. The lowest BCUT2D eigenvalue weighted by Crippen LogP contribution is -2.52. The molecule has 1 aromatic rings. The molecule has 2 rings (SSSR count). The van der Waals surface area contributed by atoms with Crippen LogP contribution in [-0.2, 0) is 4.79 Å². The predicted octanol–water partition coefficient (Wildman–Crippen LogP) is 2.84. The zero-order chi connectivity index (χ0) is 14.0. The summed E-state index contributed by atoms with van der Waals surface area (Å²) < 4.78 is 0. The van der Waals surface area contributed by atoms with Crippen LogP contribution in [0.3, 0.4) is 0 Å². The lowest BCUT2D eigenvalue weighted by molar-refractivity contribution is -0.128. The van der Waals surface area contributed by atoms with Crippen LogP contribution in [0.2, 0.25) is 0 Å². The molecule has 1 unspecified atom stereocenters. The van der Waals surface area contributed by atoms with Crippen LogP contribution in [-0.4, -0.2) is 19.0 Å². The number of amides is 1. The van der Waals surface area contributed by atoms with E-state index >= 15 is 0 Å². The topological polar surface area (TPSA) is 41.1 Å². The quantitative estimate of drug-likeness (QED) is 0.900. The van der Waals surface area contributed by atoms with Gasteiger partial charge >= 0.3 is 0 Å². The van der Waals surface area contributed by atoms with Crippen LogP contribution in [0, 0.1) is 18.3 Å². The summed E-state index contributed by atoms with van der Waals surface area (Å²) in [6, 6.07) is 8.35. The number of rotatable bonds is 3. The van der Waals surface area contributed by atoms with E-state index in [2.05, 4.69) is 50.5 Å². The second-order valence-corrected chi connectivity index (χ2v) is 6.52. The van der Waals surface area contributed by atoms with Crippen LogP contribution in [0.1, 0.15) is 37.9 Å². The smallest absolute Gasteiger partial charge is 0.226 e. The summed E-state index contributed by atoms with van der Waals surface area (Å²) in [5.41, 5.74) is 2.45. The van der Waals surface area contributed by atoms with E-state index < -0.39 is 0 Å². The Balaban J connectivity index is 0.00000200. The molecule has 20 heavy (non-hydrogen) atoms. The summed E-state index contributed by atoms with van der Waals surface area (Å²) in [5, 5.41) is 6.38. The highest BCUT2D eigenvalue weighted by Gasteiger charge is 2.32. The molecule has 0 aliphatic carbocycles. The second-order valence-electron chi connectivity index (χ2n) is 6.52. The van der Waals surface area contributed by atoms with Crippen molar-refractivity contribution in [2.45, 2.75) is 33.7 Å². The maximum Gasteiger partial charge on any atom is 0.226 e. The van der Waals surface area contributed by atoms with Crippen molar-refractivity contribution >= 4 is 18.3 Å². The lowest BCUT2D eigenvalue weighted by Gasteiger charge is -2.35. The Morgan fingerprint density at radius 3 is 2.35 bits per heavy atom. The van der Waals surface area contributed by atoms with Crippen molar-refractivity contribution in [3.05, 3.63) is 35.4 Å². The normalized spacial score (nSPS) is 16.8. The molecular formula is C16H25ClN2O. The van der Waals surface area contributed by atoms with Crippen molar-refractivity contribution in [1.29, 1.82) is 0 Å². The van der Waals surface area contributed by atoms with Crippen molar-refractivity contribution in [2.75, 3.05) is 13.1 Å². The van der Waals surface area contributed by atoms with Crippen LogP contribution < -0.4 is 10.6 Å². The molecular weight excluding hydrogens is 272 g/mol. The third kappa shape index (κ3) is 3.74. The highest BCUT2D eigenvalue weighted by Crippen LogP contribution is 2.34. The largest absolute Gasteiger partial charge is 0.348 e. The zero-order valence-electron chi connectivity index (χ0n) is 12.7. The molecule has 1 aromatic carbocycles. The Morgan fingerprint density at radius 1 is 1.30 bits per heavy atom. The fourth-order valence-electron chi connectivity index (χ4n) is 2.41. The first-order chi connectivity index (χ1) is 8.89. The first kappa shape index (κ1) is 17.0. The van der Waals surface area contributed by atoms with E-state index in [9.17, 15) is 4.79 Å². The van der Waals surface area contributed by atoms with E-state index in [1.165, 1.54) is 11.1 Å². The minimum atomic E-state index is -0.00104. The fraction of sp³-hybridized carbons (Fsp3) is 0.562. The van der Waals surface area contributed by atoms with Crippen LogP contribution in [0.5, 0.6) is 0 Å². The van der Waals surface area contributed by atoms with Crippen molar-refractivity contribution in [2.24, 2.45) is 11.3 Å². The molecule has 3 nitrogen and oxygen atoms in total. The van der Waals surface area contributed by atoms with E-state index in [1.807, 2.05) is 12.1 Å². The Kier molecular flexibility index (Phi) is 5.60. The first-order valence-corrected chi connectivity index (χ1v) is 6.96. The van der Waals surface area contributed by atoms with Crippen molar-refractivity contribution in [3.63, 3.8) is 0 Å². The molecule has 0 radical (unpaired) electrons. The molecule has 1 aliphatic heterocycles. The molecule has 1 saturated heterocycles. The standard InChI is InChI=1S/C16H24N2O.ClH/c1-11-7-5-6-8-13(11)14(16(2,3)4)18-15(19)12-9-17-10-12;/h5-8,12,14,17H,9-10H2,1-4H3,(H,18,19);1H. The number of hydrogen-bond acceptors (Lipinski definition) is 2. The van der Waals surface area contributed by atoms with Crippen molar-refractivity contribution in [1.82, 2.24) is 10.6 Å². The number of carbonyl (C=O) groups is 1. The van der Waals surface area contributed by atoms with Crippen LogP contribution in [0.4, 0.5) is 0 Å². The van der Waals surface area contributed by atoms with Gasteiger partial charge in [0.25, 0.3) is 0 Å². The van der Waals surface area contributed by atoms with Gasteiger partial charge < -0.3 is 10.6 Å². The summed E-state index contributed by atoms with van der Waals surface area (Å²) in [7, 11) is 0. The van der Waals surface area contributed by atoms with Gasteiger partial charge in [0.1, 0.15) is 0 Å². The second kappa shape index (κ2) is 6.59. The van der Waals surface area contributed by atoms with E-state index in [0.29, 0.717) is 0 Å². The molecule has 1 aliphatic rings. The summed E-state index contributed by atoms with van der Waals surface area (Å²) >= 11 is 0. The molecule has 1 fully saturated rings. The number of hydrogen-bond donors (Lipinski definition) is 2. The monoisotopic (exact) mass is 296 g/mol. The lowest BCUT2D eigenvalue weighted by atomic mass is 9.80. The summed E-state index contributed by atoms with van der Waals surface area (Å²) in [4.78, 5) is 12.2. The average Bonchev–Trinajstić information content (AvgIpc) is 2.23. The molecule has 0 spiro atoms. The van der Waals surface area contributed by atoms with Crippen molar-refractivity contribution < 1.29 is 4.79 Å². The van der Waals surface area contributed by atoms with Gasteiger partial charge in [0.15, 0.2) is 0 Å². The molecule has 1 amide bonds. The highest BCUT2D eigenvalue weighted by molar-refractivity contribution is 5.85. The summed E-state index contributed by atoms with van der Waals surface area (Å²) in [6.07, 6.45) is 0. The molecule has 1 heterocycles. The molecule has 2 N–H and O–H groups in total. The van der Waals surface area contributed by atoms with Gasteiger partial charge in [0, 0.05) is 13.1 Å². The van der Waals surface area contributed by atoms with E-state index in [-0.39, 0.29) is 35.7 Å². The van der Waals surface area contributed by atoms with Gasteiger partial charge in [0.2, 0.25) is 5.91 Å². The Labute approximate surface area is 127 Å². The van der Waals surface area contributed by atoms with Gasteiger partial charge in [-0.3, -0.25) is 4.79 Å². The molecule has 0 saturated carbocycles. The van der Waals surface area contributed by atoms with Crippen LogP contribution in [0.25, 0.3) is 0 Å². The number of nitrogens with one attached hydrogen (secondary N) is 2. The van der Waals surface area contributed by atoms with Gasteiger partial charge in [-0.25, -0.2) is 0 Å².